The lowest BCUT2D eigenvalue weighted by atomic mass is 10.2. The van der Waals surface area contributed by atoms with E-state index in [0.29, 0.717) is 5.69 Å². The number of nitrogens with zero attached hydrogens (tertiary/aromatic N) is 2. The van der Waals surface area contributed by atoms with E-state index in [4.69, 9.17) is 10.5 Å². The van der Waals surface area contributed by atoms with Crippen LogP contribution in [0.5, 0.6) is 5.75 Å². The van der Waals surface area contributed by atoms with Crippen LogP contribution >= 0.6 is 0 Å². The van der Waals surface area contributed by atoms with Gasteiger partial charge in [-0.25, -0.2) is 4.39 Å². The van der Waals surface area contributed by atoms with Gasteiger partial charge in [0.1, 0.15) is 0 Å². The Morgan fingerprint density at radius 3 is 2.55 bits per heavy atom. The first-order chi connectivity index (χ1) is 9.67. The second-order valence-electron chi connectivity index (χ2n) is 5.78. The highest BCUT2D eigenvalue weighted by Gasteiger charge is 2.27. The number of nitrogens with two attached hydrogens (primary N) is 1. The van der Waals surface area contributed by atoms with Crippen molar-refractivity contribution in [3.05, 3.63) is 17.9 Å². The molecule has 0 spiro atoms. The highest BCUT2D eigenvalue weighted by atomic mass is 19.1. The normalized spacial score (nSPS) is 20.2. The average molecular weight is 279 g/mol. The third-order valence-corrected chi connectivity index (χ3v) is 4.23. The van der Waals surface area contributed by atoms with Gasteiger partial charge in [0.05, 0.1) is 18.5 Å². The van der Waals surface area contributed by atoms with E-state index >= 15 is 0 Å². The molecule has 0 radical (unpaired) electrons. The number of anilines is 2. The number of piperazine rings is 1. The topological polar surface area (TPSA) is 41.7 Å². The molecule has 0 atom stereocenters. The van der Waals surface area contributed by atoms with Gasteiger partial charge >= 0.3 is 0 Å². The van der Waals surface area contributed by atoms with Crippen molar-refractivity contribution in [3.63, 3.8) is 0 Å². The van der Waals surface area contributed by atoms with E-state index in [-0.39, 0.29) is 5.75 Å². The molecule has 4 nitrogen and oxygen atoms in total. The standard InChI is InChI=1S/C15H22FN3O/c1-20-15-9-14(13(17)8-12(15)16)19-6-4-18(5-7-19)10-11-2-3-11/h8-9,11H,2-7,10,17H2,1H3. The Morgan fingerprint density at radius 1 is 1.25 bits per heavy atom. The van der Waals surface area contributed by atoms with Gasteiger partial charge in [-0.05, 0) is 18.8 Å². The summed E-state index contributed by atoms with van der Waals surface area (Å²) in [6.07, 6.45) is 2.78. The zero-order valence-corrected chi connectivity index (χ0v) is 11.9. The molecule has 0 amide bonds. The first kappa shape index (κ1) is 13.5. The first-order valence-electron chi connectivity index (χ1n) is 7.27. The van der Waals surface area contributed by atoms with Gasteiger partial charge in [-0.1, -0.05) is 0 Å². The molecule has 2 fully saturated rings. The predicted octanol–water partition coefficient (Wildman–Crippen LogP) is 1.95. The van der Waals surface area contributed by atoms with E-state index < -0.39 is 5.82 Å². The van der Waals surface area contributed by atoms with Crippen molar-refractivity contribution < 1.29 is 9.13 Å². The van der Waals surface area contributed by atoms with E-state index in [0.717, 1.165) is 37.8 Å². The minimum absolute atomic E-state index is 0.259. The molecule has 2 aliphatic rings. The van der Waals surface area contributed by atoms with Crippen molar-refractivity contribution in [2.75, 3.05) is 50.5 Å². The number of hydrogen-bond donors (Lipinski definition) is 1. The molecule has 1 saturated heterocycles. The summed E-state index contributed by atoms with van der Waals surface area (Å²) in [7, 11) is 1.48. The van der Waals surface area contributed by atoms with Crippen LogP contribution in [0.4, 0.5) is 15.8 Å². The summed E-state index contributed by atoms with van der Waals surface area (Å²) in [4.78, 5) is 4.74. The fourth-order valence-corrected chi connectivity index (χ4v) is 2.83. The number of hydrogen-bond acceptors (Lipinski definition) is 4. The van der Waals surface area contributed by atoms with Crippen LogP contribution < -0.4 is 15.4 Å². The zero-order valence-electron chi connectivity index (χ0n) is 11.9. The number of halogens is 1. The Morgan fingerprint density at radius 2 is 1.95 bits per heavy atom. The maximum Gasteiger partial charge on any atom is 0.167 e. The molecule has 3 rings (SSSR count). The lowest BCUT2D eigenvalue weighted by Gasteiger charge is -2.36. The monoisotopic (exact) mass is 279 g/mol. The molecule has 110 valence electrons. The average Bonchev–Trinajstić information content (AvgIpc) is 3.24. The van der Waals surface area contributed by atoms with Crippen molar-refractivity contribution in [1.82, 2.24) is 4.90 Å². The van der Waals surface area contributed by atoms with Crippen LogP contribution in [0.15, 0.2) is 12.1 Å². The van der Waals surface area contributed by atoms with E-state index in [2.05, 4.69) is 9.80 Å². The molecule has 1 heterocycles. The zero-order chi connectivity index (χ0) is 14.1. The lowest BCUT2D eigenvalue weighted by molar-refractivity contribution is 0.248. The molecule has 0 unspecified atom stereocenters. The smallest absolute Gasteiger partial charge is 0.167 e. The first-order valence-corrected chi connectivity index (χ1v) is 7.27. The predicted molar refractivity (Wildman–Crippen MR) is 78.7 cm³/mol. The molecule has 2 N–H and O–H groups in total. The Hall–Kier alpha value is -1.49. The number of methoxy groups -OCH3 is 1. The molecule has 5 heteroatoms. The summed E-state index contributed by atoms with van der Waals surface area (Å²) in [5, 5.41) is 0. The molecule has 1 saturated carbocycles. The Labute approximate surface area is 119 Å². The van der Waals surface area contributed by atoms with Crippen LogP contribution in [-0.4, -0.2) is 44.7 Å². The van der Waals surface area contributed by atoms with E-state index in [1.54, 1.807) is 6.07 Å². The van der Waals surface area contributed by atoms with Crippen LogP contribution in [0.3, 0.4) is 0 Å². The fourth-order valence-electron chi connectivity index (χ4n) is 2.83. The van der Waals surface area contributed by atoms with Crippen LogP contribution in [0.25, 0.3) is 0 Å². The molecule has 1 aliphatic heterocycles. The van der Waals surface area contributed by atoms with Crippen molar-refractivity contribution in [1.29, 1.82) is 0 Å². The molecular weight excluding hydrogens is 257 g/mol. The Balaban J connectivity index is 1.67. The summed E-state index contributed by atoms with van der Waals surface area (Å²) in [6.45, 7) is 5.21. The fraction of sp³-hybridized carbons (Fsp3) is 0.600. The van der Waals surface area contributed by atoms with Crippen molar-refractivity contribution in [2.24, 2.45) is 5.92 Å². The van der Waals surface area contributed by atoms with E-state index in [9.17, 15) is 4.39 Å². The second-order valence-corrected chi connectivity index (χ2v) is 5.78. The highest BCUT2D eigenvalue weighted by Crippen LogP contribution is 2.33. The summed E-state index contributed by atoms with van der Waals surface area (Å²) >= 11 is 0. The quantitative estimate of drug-likeness (QED) is 0.855. The second kappa shape index (κ2) is 5.48. The molecule has 1 aromatic carbocycles. The number of nitrogen functional groups attached to an aromatic ring is 1. The van der Waals surface area contributed by atoms with Gasteiger partial charge in [-0.15, -0.1) is 0 Å². The van der Waals surface area contributed by atoms with Gasteiger partial charge in [0, 0.05) is 44.9 Å². The van der Waals surface area contributed by atoms with E-state index in [1.165, 1.54) is 32.6 Å². The maximum atomic E-state index is 13.6. The molecule has 0 bridgehead atoms. The summed E-state index contributed by atoms with van der Waals surface area (Å²) in [5.74, 6) is 0.785. The van der Waals surface area contributed by atoms with Crippen LogP contribution in [0.1, 0.15) is 12.8 Å². The number of benzene rings is 1. The van der Waals surface area contributed by atoms with Crippen LogP contribution in [-0.2, 0) is 0 Å². The number of ether oxygens (including phenoxy) is 1. The van der Waals surface area contributed by atoms with Crippen molar-refractivity contribution >= 4 is 11.4 Å². The summed E-state index contributed by atoms with van der Waals surface area (Å²) < 4.78 is 18.6. The minimum Gasteiger partial charge on any atom is -0.494 e. The third kappa shape index (κ3) is 2.82. The van der Waals surface area contributed by atoms with Crippen molar-refractivity contribution in [2.45, 2.75) is 12.8 Å². The van der Waals surface area contributed by atoms with Gasteiger partial charge in [0.25, 0.3) is 0 Å². The molecule has 0 aromatic heterocycles. The van der Waals surface area contributed by atoms with Gasteiger partial charge in [0.15, 0.2) is 11.6 Å². The SMILES string of the molecule is COc1cc(N2CCN(CC3CC3)CC2)c(N)cc1F. The van der Waals surface area contributed by atoms with Crippen LogP contribution in [0.2, 0.25) is 0 Å². The molecular formula is C15H22FN3O. The Kier molecular flexibility index (Phi) is 3.70. The number of rotatable bonds is 4. The highest BCUT2D eigenvalue weighted by molar-refractivity contribution is 5.70. The van der Waals surface area contributed by atoms with Gasteiger partial charge in [-0.3, -0.25) is 4.90 Å². The van der Waals surface area contributed by atoms with E-state index in [1.807, 2.05) is 0 Å². The summed E-state index contributed by atoms with van der Waals surface area (Å²) in [6, 6.07) is 3.06. The minimum atomic E-state index is -0.402. The molecule has 1 aromatic rings. The summed E-state index contributed by atoms with van der Waals surface area (Å²) in [5.41, 5.74) is 7.32. The largest absolute Gasteiger partial charge is 0.494 e. The molecule has 1 aliphatic carbocycles. The van der Waals surface area contributed by atoms with Crippen LogP contribution in [0, 0.1) is 11.7 Å². The lowest BCUT2D eigenvalue weighted by Crippen LogP contribution is -2.47. The Bertz CT molecular complexity index is 482. The third-order valence-electron chi connectivity index (χ3n) is 4.23. The maximum absolute atomic E-state index is 13.6. The van der Waals surface area contributed by atoms with Gasteiger partial charge in [-0.2, -0.15) is 0 Å². The van der Waals surface area contributed by atoms with Gasteiger partial charge < -0.3 is 15.4 Å². The van der Waals surface area contributed by atoms with Gasteiger partial charge in [0.2, 0.25) is 0 Å². The van der Waals surface area contributed by atoms with Crippen molar-refractivity contribution in [3.8, 4) is 5.75 Å². The molecule has 20 heavy (non-hydrogen) atoms.